The average Bonchev–Trinajstić information content (AvgIpc) is 3.11. The van der Waals surface area contributed by atoms with Gasteiger partial charge in [-0.15, -0.1) is 10.2 Å². The highest BCUT2D eigenvalue weighted by atomic mass is 32.2. The Kier molecular flexibility index (Phi) is 6.73. The maximum atomic E-state index is 13.0. The van der Waals surface area contributed by atoms with Crippen LogP contribution < -0.4 is 16.6 Å². The van der Waals surface area contributed by atoms with E-state index in [9.17, 15) is 14.4 Å². The molecule has 3 rings (SSSR count). The van der Waals surface area contributed by atoms with Crippen LogP contribution >= 0.6 is 11.8 Å². The number of imide groups is 1. The van der Waals surface area contributed by atoms with Crippen molar-refractivity contribution in [3.8, 4) is 0 Å². The zero-order valence-electron chi connectivity index (χ0n) is 17.0. The molecule has 0 aliphatic rings. The predicted octanol–water partition coefficient (Wildman–Crippen LogP) is 1.39. The van der Waals surface area contributed by atoms with E-state index in [0.29, 0.717) is 41.4 Å². The standard InChI is InChI=1S/C19H24N6O4S/c1-11(2)14(15(26)21-17(20)28)30-19-23-22-18-24(9-6-10-29-3)16(27)12-7-4-5-8-13(12)25(18)19/h4-5,7-8,11,14H,6,9-10H2,1-3H3,(H3,20,21,26,28). The van der Waals surface area contributed by atoms with Crippen LogP contribution in [0.15, 0.2) is 34.2 Å². The Labute approximate surface area is 176 Å². The van der Waals surface area contributed by atoms with Crippen molar-refractivity contribution in [2.45, 2.75) is 37.2 Å². The minimum Gasteiger partial charge on any atom is -0.385 e. The second kappa shape index (κ2) is 9.26. The Morgan fingerprint density at radius 2 is 2.00 bits per heavy atom. The van der Waals surface area contributed by atoms with E-state index in [4.69, 9.17) is 10.5 Å². The summed E-state index contributed by atoms with van der Waals surface area (Å²) < 4.78 is 8.43. The topological polar surface area (TPSA) is 134 Å². The third-order valence-electron chi connectivity index (χ3n) is 4.55. The van der Waals surface area contributed by atoms with Crippen LogP contribution in [0, 0.1) is 5.92 Å². The largest absolute Gasteiger partial charge is 0.385 e. The maximum absolute atomic E-state index is 13.0. The Morgan fingerprint density at radius 3 is 2.67 bits per heavy atom. The first-order valence-electron chi connectivity index (χ1n) is 9.47. The van der Waals surface area contributed by atoms with Gasteiger partial charge in [0.15, 0.2) is 5.16 Å². The van der Waals surface area contributed by atoms with Gasteiger partial charge in [-0.25, -0.2) is 4.79 Å². The van der Waals surface area contributed by atoms with Crippen LogP contribution in [0.25, 0.3) is 16.7 Å². The molecule has 3 amide bonds. The molecule has 2 aromatic heterocycles. The van der Waals surface area contributed by atoms with Crippen LogP contribution in [0.3, 0.4) is 0 Å². The van der Waals surface area contributed by atoms with Crippen molar-refractivity contribution in [2.24, 2.45) is 11.7 Å². The number of aryl methyl sites for hydroxylation is 1. The fourth-order valence-electron chi connectivity index (χ4n) is 3.18. The first-order chi connectivity index (χ1) is 14.3. The number of aromatic nitrogens is 4. The molecule has 0 radical (unpaired) electrons. The lowest BCUT2D eigenvalue weighted by Gasteiger charge is -2.18. The van der Waals surface area contributed by atoms with E-state index in [0.717, 1.165) is 0 Å². The number of urea groups is 1. The fourth-order valence-corrected chi connectivity index (χ4v) is 4.22. The first-order valence-corrected chi connectivity index (χ1v) is 10.4. The van der Waals surface area contributed by atoms with Gasteiger partial charge in [0.05, 0.1) is 16.2 Å². The summed E-state index contributed by atoms with van der Waals surface area (Å²) in [4.78, 5) is 36.6. The Balaban J connectivity index is 2.13. The molecular weight excluding hydrogens is 408 g/mol. The molecule has 3 aromatic rings. The number of rotatable bonds is 8. The number of ether oxygens (including phenoxy) is 1. The second-order valence-corrected chi connectivity index (χ2v) is 8.18. The van der Waals surface area contributed by atoms with Gasteiger partial charge in [0, 0.05) is 20.3 Å². The number of primary amides is 1. The molecule has 11 heteroatoms. The highest BCUT2D eigenvalue weighted by molar-refractivity contribution is 8.00. The van der Waals surface area contributed by atoms with Crippen molar-refractivity contribution in [1.82, 2.24) is 24.5 Å². The number of benzene rings is 1. The molecule has 2 heterocycles. The zero-order chi connectivity index (χ0) is 21.8. The van der Waals surface area contributed by atoms with Gasteiger partial charge < -0.3 is 10.5 Å². The number of methoxy groups -OCH3 is 1. The Bertz CT molecular complexity index is 1140. The molecule has 1 unspecified atom stereocenters. The van der Waals surface area contributed by atoms with Gasteiger partial charge >= 0.3 is 6.03 Å². The van der Waals surface area contributed by atoms with Crippen molar-refractivity contribution >= 4 is 40.4 Å². The van der Waals surface area contributed by atoms with Gasteiger partial charge in [0.1, 0.15) is 0 Å². The lowest BCUT2D eigenvalue weighted by Crippen LogP contribution is -2.42. The number of nitrogens with zero attached hydrogens (tertiary/aromatic N) is 4. The van der Waals surface area contributed by atoms with Gasteiger partial charge in [0.2, 0.25) is 11.7 Å². The third kappa shape index (κ3) is 4.31. The molecule has 1 aromatic carbocycles. The molecule has 10 nitrogen and oxygen atoms in total. The number of hydrogen-bond acceptors (Lipinski definition) is 7. The molecule has 0 fully saturated rings. The summed E-state index contributed by atoms with van der Waals surface area (Å²) in [5.41, 5.74) is 5.58. The number of amides is 3. The Hall–Kier alpha value is -2.92. The molecule has 0 saturated carbocycles. The molecule has 0 spiro atoms. The van der Waals surface area contributed by atoms with Crippen LogP contribution in [-0.2, 0) is 16.1 Å². The van der Waals surface area contributed by atoms with Crippen molar-refractivity contribution in [3.05, 3.63) is 34.6 Å². The van der Waals surface area contributed by atoms with E-state index in [1.165, 1.54) is 11.8 Å². The van der Waals surface area contributed by atoms with Crippen LogP contribution in [0.5, 0.6) is 0 Å². The van der Waals surface area contributed by atoms with Crippen molar-refractivity contribution < 1.29 is 14.3 Å². The van der Waals surface area contributed by atoms with Crippen molar-refractivity contribution in [1.29, 1.82) is 0 Å². The summed E-state index contributed by atoms with van der Waals surface area (Å²) >= 11 is 1.17. The normalized spacial score (nSPS) is 12.5. The molecule has 30 heavy (non-hydrogen) atoms. The van der Waals surface area contributed by atoms with Gasteiger partial charge in [0.25, 0.3) is 5.56 Å². The smallest absolute Gasteiger partial charge is 0.318 e. The average molecular weight is 433 g/mol. The van der Waals surface area contributed by atoms with Crippen LogP contribution in [0.1, 0.15) is 20.3 Å². The number of thioether (sulfide) groups is 1. The molecule has 0 saturated heterocycles. The third-order valence-corrected chi connectivity index (χ3v) is 6.04. The number of carbonyl (C=O) groups is 2. The minimum absolute atomic E-state index is 0.111. The van der Waals surface area contributed by atoms with Gasteiger partial charge in [-0.3, -0.25) is 23.9 Å². The molecular formula is C19H24N6O4S. The monoisotopic (exact) mass is 432 g/mol. The number of carbonyl (C=O) groups excluding carboxylic acids is 2. The lowest BCUT2D eigenvalue weighted by molar-refractivity contribution is -0.120. The van der Waals surface area contributed by atoms with Gasteiger partial charge in [-0.1, -0.05) is 37.7 Å². The number of hydrogen-bond donors (Lipinski definition) is 2. The highest BCUT2D eigenvalue weighted by Gasteiger charge is 2.28. The lowest BCUT2D eigenvalue weighted by atomic mass is 10.1. The van der Waals surface area contributed by atoms with Crippen LogP contribution in [0.4, 0.5) is 4.79 Å². The van der Waals surface area contributed by atoms with E-state index in [1.54, 1.807) is 28.2 Å². The first kappa shape index (κ1) is 21.8. The summed E-state index contributed by atoms with van der Waals surface area (Å²) in [6.45, 7) is 4.64. The molecule has 0 aliphatic carbocycles. The summed E-state index contributed by atoms with van der Waals surface area (Å²) in [7, 11) is 1.60. The second-order valence-electron chi connectivity index (χ2n) is 7.07. The van der Waals surface area contributed by atoms with Gasteiger partial charge in [-0.2, -0.15) is 0 Å². The molecule has 160 valence electrons. The SMILES string of the molecule is COCCCn1c(=O)c2ccccc2n2c(SC(C(=O)NC(N)=O)C(C)C)nnc12. The van der Waals surface area contributed by atoms with E-state index < -0.39 is 17.2 Å². The van der Waals surface area contributed by atoms with E-state index in [1.807, 2.05) is 26.0 Å². The number of fused-ring (bicyclic) bond motifs is 3. The summed E-state index contributed by atoms with van der Waals surface area (Å²) in [5, 5.41) is 10.9. The Morgan fingerprint density at radius 1 is 1.27 bits per heavy atom. The number of nitrogens with one attached hydrogen (secondary N) is 1. The predicted molar refractivity (Wildman–Crippen MR) is 113 cm³/mol. The molecule has 3 N–H and O–H groups in total. The zero-order valence-corrected chi connectivity index (χ0v) is 17.8. The maximum Gasteiger partial charge on any atom is 0.318 e. The van der Waals surface area contributed by atoms with E-state index >= 15 is 0 Å². The van der Waals surface area contributed by atoms with E-state index in [-0.39, 0.29) is 11.5 Å². The molecule has 0 aliphatic heterocycles. The molecule has 1 atom stereocenters. The summed E-state index contributed by atoms with van der Waals surface area (Å²) in [5.74, 6) is -0.229. The van der Waals surface area contributed by atoms with Crippen LogP contribution in [0.2, 0.25) is 0 Å². The fraction of sp³-hybridized carbons (Fsp3) is 0.421. The quantitative estimate of drug-likeness (QED) is 0.406. The van der Waals surface area contributed by atoms with Crippen molar-refractivity contribution in [2.75, 3.05) is 13.7 Å². The van der Waals surface area contributed by atoms with E-state index in [2.05, 4.69) is 15.5 Å². The summed E-state index contributed by atoms with van der Waals surface area (Å²) in [6.07, 6.45) is 0.634. The minimum atomic E-state index is -0.908. The van der Waals surface area contributed by atoms with Crippen LogP contribution in [-0.4, -0.2) is 50.1 Å². The molecule has 0 bridgehead atoms. The summed E-state index contributed by atoms with van der Waals surface area (Å²) in [6, 6.07) is 6.27. The number of para-hydroxylation sites is 1. The van der Waals surface area contributed by atoms with Gasteiger partial charge in [-0.05, 0) is 24.5 Å². The highest BCUT2D eigenvalue weighted by Crippen LogP contribution is 2.29. The van der Waals surface area contributed by atoms with Crippen molar-refractivity contribution in [3.63, 3.8) is 0 Å². The number of nitrogens with two attached hydrogens (primary N) is 1.